The molecule has 9 atom stereocenters. The molecule has 0 aromatic rings. The maximum absolute atomic E-state index is 8.98. The van der Waals surface area contributed by atoms with Crippen LogP contribution in [0.5, 0.6) is 0 Å². The number of nitrogens with zero attached hydrogens (tertiary/aromatic N) is 1. The van der Waals surface area contributed by atoms with E-state index in [1.165, 1.54) is 64.2 Å². The van der Waals surface area contributed by atoms with E-state index in [0.29, 0.717) is 22.0 Å². The predicted molar refractivity (Wildman–Crippen MR) is 146 cm³/mol. The number of hydrogen-bond acceptors (Lipinski definition) is 2. The molecule has 0 amide bonds. The Morgan fingerprint density at radius 2 is 1.65 bits per heavy atom. The smallest absolute Gasteiger partial charge is 0.192 e. The van der Waals surface area contributed by atoms with E-state index in [1.54, 1.807) is 0 Å². The third-order valence-electron chi connectivity index (χ3n) is 12.6. The van der Waals surface area contributed by atoms with E-state index < -0.39 is 8.32 Å². The van der Waals surface area contributed by atoms with Crippen LogP contribution in [0.3, 0.4) is 0 Å². The van der Waals surface area contributed by atoms with Crippen molar-refractivity contribution in [2.24, 2.45) is 46.3 Å². The van der Waals surface area contributed by atoms with Crippen molar-refractivity contribution in [3.8, 4) is 6.07 Å². The van der Waals surface area contributed by atoms with Crippen LogP contribution < -0.4 is 0 Å². The van der Waals surface area contributed by atoms with Gasteiger partial charge < -0.3 is 4.43 Å². The summed E-state index contributed by atoms with van der Waals surface area (Å²) in [5.74, 6) is 5.42. The molecule has 0 heterocycles. The molecule has 2 nitrogen and oxygen atoms in total. The first kappa shape index (κ1) is 26.7. The van der Waals surface area contributed by atoms with Gasteiger partial charge in [-0.05, 0) is 135 Å². The highest BCUT2D eigenvalue weighted by Crippen LogP contribution is 2.68. The third-order valence-corrected chi connectivity index (χ3v) is 17.1. The molecule has 0 N–H and O–H groups in total. The van der Waals surface area contributed by atoms with Crippen LogP contribution in [0.4, 0.5) is 0 Å². The number of hydrogen-bond donors (Lipinski definition) is 0. The highest BCUT2D eigenvalue weighted by molar-refractivity contribution is 6.74. The number of unbranched alkanes of at least 4 members (excludes halogenated alkanes) is 1. The molecule has 0 bridgehead atoms. The van der Waals surface area contributed by atoms with Crippen molar-refractivity contribution in [3.63, 3.8) is 0 Å². The minimum absolute atomic E-state index is 0.310. The molecule has 3 heteroatoms. The summed E-state index contributed by atoms with van der Waals surface area (Å²) in [5, 5.41) is 9.29. The second-order valence-electron chi connectivity index (χ2n) is 15.2. The molecule has 0 aromatic heterocycles. The molecule has 0 saturated heterocycles. The fourth-order valence-electron chi connectivity index (χ4n) is 9.60. The van der Waals surface area contributed by atoms with Gasteiger partial charge in [-0.2, -0.15) is 5.26 Å². The van der Waals surface area contributed by atoms with Crippen LogP contribution in [-0.4, -0.2) is 14.4 Å². The summed E-state index contributed by atoms with van der Waals surface area (Å²) in [5.41, 5.74) is 1.10. The molecule has 0 radical (unpaired) electrons. The van der Waals surface area contributed by atoms with Gasteiger partial charge in [-0.25, -0.2) is 0 Å². The minimum atomic E-state index is -1.68. The zero-order valence-corrected chi connectivity index (χ0v) is 24.9. The molecule has 4 aliphatic rings. The summed E-state index contributed by atoms with van der Waals surface area (Å²) in [6.45, 7) is 19.9. The Bertz CT molecular complexity index is 764. The molecule has 0 spiro atoms. The van der Waals surface area contributed by atoms with Crippen LogP contribution in [0.25, 0.3) is 0 Å². The fourth-order valence-corrected chi connectivity index (χ4v) is 11.0. The van der Waals surface area contributed by atoms with Crippen LogP contribution in [0.2, 0.25) is 18.1 Å². The number of fused-ring (bicyclic) bond motifs is 5. The topological polar surface area (TPSA) is 33.0 Å². The lowest BCUT2D eigenvalue weighted by Crippen LogP contribution is -2.55. The summed E-state index contributed by atoms with van der Waals surface area (Å²) < 4.78 is 6.96. The number of nitriles is 1. The average Bonchev–Trinajstić information content (AvgIpc) is 3.10. The Morgan fingerprint density at radius 3 is 2.32 bits per heavy atom. The van der Waals surface area contributed by atoms with E-state index in [2.05, 4.69) is 60.7 Å². The Labute approximate surface area is 213 Å². The first-order valence-corrected chi connectivity index (χ1v) is 17.8. The van der Waals surface area contributed by atoms with E-state index in [9.17, 15) is 0 Å². The molecule has 4 aliphatic carbocycles. The lowest BCUT2D eigenvalue weighted by atomic mass is 9.44. The molecule has 1 unspecified atom stereocenters. The average molecular weight is 486 g/mol. The van der Waals surface area contributed by atoms with Crippen molar-refractivity contribution in [3.05, 3.63) is 0 Å². The lowest BCUT2D eigenvalue weighted by Gasteiger charge is -2.61. The van der Waals surface area contributed by atoms with E-state index in [1.807, 2.05) is 0 Å². The van der Waals surface area contributed by atoms with Gasteiger partial charge in [-0.15, -0.1) is 0 Å². The van der Waals surface area contributed by atoms with Crippen LogP contribution in [0.15, 0.2) is 0 Å². The highest BCUT2D eigenvalue weighted by atomic mass is 28.4. The first-order valence-electron chi connectivity index (χ1n) is 14.9. The van der Waals surface area contributed by atoms with Crippen LogP contribution in [0.1, 0.15) is 119 Å². The Balaban J connectivity index is 1.43. The summed E-state index contributed by atoms with van der Waals surface area (Å²) >= 11 is 0. The van der Waals surface area contributed by atoms with Gasteiger partial charge in [-0.3, -0.25) is 0 Å². The van der Waals surface area contributed by atoms with Gasteiger partial charge in [0.1, 0.15) is 0 Å². The fraction of sp³-hybridized carbons (Fsp3) is 0.968. The number of rotatable bonds is 6. The van der Waals surface area contributed by atoms with Gasteiger partial charge in [0.2, 0.25) is 0 Å². The molecule has 4 fully saturated rings. The predicted octanol–water partition coefficient (Wildman–Crippen LogP) is 9.37. The van der Waals surface area contributed by atoms with Crippen LogP contribution >= 0.6 is 0 Å². The van der Waals surface area contributed by atoms with E-state index in [-0.39, 0.29) is 0 Å². The second-order valence-corrected chi connectivity index (χ2v) is 19.9. The largest absolute Gasteiger partial charge is 0.414 e. The van der Waals surface area contributed by atoms with Crippen LogP contribution in [-0.2, 0) is 4.43 Å². The first-order chi connectivity index (χ1) is 15.8. The van der Waals surface area contributed by atoms with Crippen molar-refractivity contribution in [1.29, 1.82) is 5.26 Å². The minimum Gasteiger partial charge on any atom is -0.414 e. The highest BCUT2D eigenvalue weighted by Gasteiger charge is 2.60. The molecular weight excluding hydrogens is 430 g/mol. The van der Waals surface area contributed by atoms with E-state index >= 15 is 0 Å². The Kier molecular flexibility index (Phi) is 7.48. The van der Waals surface area contributed by atoms with Crippen molar-refractivity contribution in [1.82, 2.24) is 0 Å². The molecular formula is C31H55NOSi. The quantitative estimate of drug-likeness (QED) is 0.277. The Hall–Kier alpha value is -0.333. The van der Waals surface area contributed by atoms with Gasteiger partial charge in [0.15, 0.2) is 8.32 Å². The van der Waals surface area contributed by atoms with Gasteiger partial charge >= 0.3 is 0 Å². The van der Waals surface area contributed by atoms with E-state index in [0.717, 1.165) is 48.3 Å². The summed E-state index contributed by atoms with van der Waals surface area (Å²) in [6, 6.07) is 2.36. The molecule has 0 aliphatic heterocycles. The molecule has 4 saturated carbocycles. The normalized spacial score (nSPS) is 43.4. The van der Waals surface area contributed by atoms with Gasteiger partial charge in [0.05, 0.1) is 6.07 Å². The summed E-state index contributed by atoms with van der Waals surface area (Å²) in [7, 11) is -1.68. The summed E-state index contributed by atoms with van der Waals surface area (Å²) in [6.07, 6.45) is 16.4. The second kappa shape index (κ2) is 9.52. The lowest BCUT2D eigenvalue weighted by molar-refractivity contribution is -0.127. The zero-order chi connectivity index (χ0) is 24.9. The van der Waals surface area contributed by atoms with Gasteiger partial charge in [0, 0.05) is 12.5 Å². The molecule has 194 valence electrons. The van der Waals surface area contributed by atoms with Crippen molar-refractivity contribution >= 4 is 8.32 Å². The van der Waals surface area contributed by atoms with E-state index in [4.69, 9.17) is 9.69 Å². The maximum atomic E-state index is 8.98. The maximum Gasteiger partial charge on any atom is 0.192 e. The van der Waals surface area contributed by atoms with Crippen molar-refractivity contribution < 1.29 is 4.43 Å². The molecule has 0 aromatic carbocycles. The SMILES string of the molecule is C[C@H](CCCC#N)[C@H]1CC[C@H]2[C@@H]3CCC4C[C@H](O[Si](C)(C)C(C)(C)C)CC[C@]4(C)[C@H]3CC[C@]12C. The monoisotopic (exact) mass is 485 g/mol. The Morgan fingerprint density at radius 1 is 0.971 bits per heavy atom. The van der Waals surface area contributed by atoms with Gasteiger partial charge in [-0.1, -0.05) is 41.5 Å². The molecule has 34 heavy (non-hydrogen) atoms. The summed E-state index contributed by atoms with van der Waals surface area (Å²) in [4.78, 5) is 0. The van der Waals surface area contributed by atoms with Gasteiger partial charge in [0.25, 0.3) is 0 Å². The zero-order valence-electron chi connectivity index (χ0n) is 23.9. The van der Waals surface area contributed by atoms with Crippen molar-refractivity contribution in [2.45, 2.75) is 143 Å². The standard InChI is InChI=1S/C31H55NOSi/c1-22(11-9-10-20-32)26-14-15-27-25-13-12-23-21-24(33-34(7,8)29(2,3)4)16-18-30(23,5)28(25)17-19-31(26,27)6/h22-28H,9-19,21H2,1-8H3/t22-,23?,24-,25+,26-,27+,28+,30+,31-/m1/s1. The third kappa shape index (κ3) is 4.58. The molecule has 4 rings (SSSR count). The van der Waals surface area contributed by atoms with Crippen molar-refractivity contribution in [2.75, 3.05) is 0 Å². The van der Waals surface area contributed by atoms with Crippen LogP contribution in [0, 0.1) is 57.7 Å².